The molecule has 0 bridgehead atoms. The summed E-state index contributed by atoms with van der Waals surface area (Å²) in [5.74, 6) is -2.81. The molecule has 0 radical (unpaired) electrons. The Bertz CT molecular complexity index is 1920. The fourth-order valence-electron chi connectivity index (χ4n) is 9.36. The van der Waals surface area contributed by atoms with Gasteiger partial charge in [-0.25, -0.2) is 4.68 Å². The summed E-state index contributed by atoms with van der Waals surface area (Å²) in [6.07, 6.45) is -37.5. The number of hydrogen-bond donors (Lipinski definition) is 18. The maximum atomic E-state index is 11.2. The Labute approximate surface area is 418 Å². The van der Waals surface area contributed by atoms with Gasteiger partial charge in [0.05, 0.1) is 75.2 Å². The van der Waals surface area contributed by atoms with E-state index in [9.17, 15) is 86.8 Å². The lowest BCUT2D eigenvalue weighted by atomic mass is 9.86. The highest BCUT2D eigenvalue weighted by Crippen LogP contribution is 2.39. The van der Waals surface area contributed by atoms with Gasteiger partial charge in [0.15, 0.2) is 25.2 Å². The van der Waals surface area contributed by atoms with Gasteiger partial charge in [0.1, 0.15) is 122 Å². The summed E-state index contributed by atoms with van der Waals surface area (Å²) in [4.78, 5) is 0. The number of ether oxygens (including phenoxy) is 9. The summed E-state index contributed by atoms with van der Waals surface area (Å²) in [5.41, 5.74) is 0.0820. The first-order chi connectivity index (χ1) is 34.1. The second kappa shape index (κ2) is 24.4. The van der Waals surface area contributed by atoms with Crippen LogP contribution in [0.3, 0.4) is 0 Å². The second-order valence-electron chi connectivity index (χ2n) is 18.4. The fourth-order valence-corrected chi connectivity index (χ4v) is 9.93. The molecule has 6 unspecified atom stereocenters. The summed E-state index contributed by atoms with van der Waals surface area (Å²) in [5, 5.41) is 190. The highest BCUT2D eigenvalue weighted by molar-refractivity contribution is 6.21. The minimum atomic E-state index is -2.20. The first kappa shape index (κ1) is 58.1. The van der Waals surface area contributed by atoms with Crippen molar-refractivity contribution in [2.75, 3.05) is 32.3 Å². The second-order valence-corrected chi connectivity index (χ2v) is 19.2. The highest BCUT2D eigenvalue weighted by Gasteiger charge is 2.59. The van der Waals surface area contributed by atoms with Crippen molar-refractivity contribution in [3.05, 3.63) is 23.5 Å². The number of alkyl halides is 2. The molecule has 1 aromatic heterocycles. The van der Waals surface area contributed by atoms with Crippen LogP contribution in [-0.4, -0.2) is 305 Å². The van der Waals surface area contributed by atoms with Crippen molar-refractivity contribution >= 4 is 23.2 Å². The Balaban J connectivity index is 0.913. The molecular formula is C40H64Cl2N4O26. The Kier molecular flexibility index (Phi) is 19.7. The standard InChI is InChI=1S/C40H64Cl2N4O26/c1-11-20(43-14-2-12(5-47)21(51)26(56)22(14)52)25(55)30(60)37(65-11)69-34-18(8-50)68-38(32(62)28(34)58)70-33-17(7-49)67-36(31(61)27(33)57)64-9-13-3-46(45-44-13)4-15-23(53)35(63)40(10-41,71-15)72-39-29(59)24(54)19(42)16(6-48)66-39/h2-3,11,14-39,43,47-63H,4-10H2,1H3/t11?,14-,15+,16+,17?,18?,19-,20+,21+,22-,23+,24-,25-,26-,27+,28+,29+,30?,31?,32?,33+,34+,35-,36+,37+,38+,39+,40-/m0/s1. The Morgan fingerprint density at radius 2 is 1.21 bits per heavy atom. The lowest BCUT2D eigenvalue weighted by Crippen LogP contribution is -2.68. The molecule has 6 heterocycles. The summed E-state index contributed by atoms with van der Waals surface area (Å²) in [7, 11) is 0. The number of aromatic nitrogens is 3. The van der Waals surface area contributed by atoms with Crippen LogP contribution in [0.15, 0.2) is 17.8 Å². The molecule has 72 heavy (non-hydrogen) atoms. The van der Waals surface area contributed by atoms with Crippen molar-refractivity contribution in [1.29, 1.82) is 0 Å². The molecule has 7 rings (SSSR count). The molecule has 5 aliphatic heterocycles. The molecule has 28 atom stereocenters. The largest absolute Gasteiger partial charge is 0.394 e. The van der Waals surface area contributed by atoms with Gasteiger partial charge in [0.2, 0.25) is 5.79 Å². The number of nitrogens with zero attached hydrogens (tertiary/aromatic N) is 3. The van der Waals surface area contributed by atoms with Crippen LogP contribution in [0.4, 0.5) is 0 Å². The van der Waals surface area contributed by atoms with Crippen LogP contribution in [0.2, 0.25) is 0 Å². The van der Waals surface area contributed by atoms with Crippen LogP contribution in [0.1, 0.15) is 12.6 Å². The third kappa shape index (κ3) is 11.6. The highest BCUT2D eigenvalue weighted by atomic mass is 35.5. The van der Waals surface area contributed by atoms with Gasteiger partial charge >= 0.3 is 0 Å². The van der Waals surface area contributed by atoms with Gasteiger partial charge in [-0.2, -0.15) is 0 Å². The van der Waals surface area contributed by atoms with E-state index in [2.05, 4.69) is 15.6 Å². The van der Waals surface area contributed by atoms with E-state index in [0.717, 1.165) is 0 Å². The Morgan fingerprint density at radius 3 is 1.81 bits per heavy atom. The van der Waals surface area contributed by atoms with Crippen LogP contribution in [0.25, 0.3) is 0 Å². The molecule has 30 nitrogen and oxygen atoms in total. The first-order valence-corrected chi connectivity index (χ1v) is 23.8. The summed E-state index contributed by atoms with van der Waals surface area (Å²) in [6, 6.07) is -2.28. The van der Waals surface area contributed by atoms with Crippen molar-refractivity contribution in [1.82, 2.24) is 20.3 Å². The normalized spacial score (nSPS) is 49.2. The fraction of sp³-hybridized carbons (Fsp3) is 0.900. The van der Waals surface area contributed by atoms with Gasteiger partial charge in [-0.05, 0) is 12.5 Å². The number of aliphatic hydroxyl groups is 17. The van der Waals surface area contributed by atoms with Crippen LogP contribution < -0.4 is 5.32 Å². The molecule has 5 fully saturated rings. The predicted molar refractivity (Wildman–Crippen MR) is 229 cm³/mol. The van der Waals surface area contributed by atoms with E-state index in [-0.39, 0.29) is 17.8 Å². The Morgan fingerprint density at radius 1 is 0.653 bits per heavy atom. The molecule has 6 aliphatic rings. The van der Waals surface area contributed by atoms with Gasteiger partial charge < -0.3 is 135 Å². The lowest BCUT2D eigenvalue weighted by Gasteiger charge is -2.48. The van der Waals surface area contributed by atoms with E-state index in [0.29, 0.717) is 0 Å². The topological polar surface area (TPSA) is 470 Å². The molecule has 1 aliphatic carbocycles. The van der Waals surface area contributed by atoms with E-state index in [1.54, 1.807) is 0 Å². The van der Waals surface area contributed by atoms with Gasteiger partial charge in [-0.15, -0.1) is 28.3 Å². The van der Waals surface area contributed by atoms with Crippen molar-refractivity contribution < 1.29 is 129 Å². The van der Waals surface area contributed by atoms with Crippen molar-refractivity contribution in [2.45, 2.75) is 191 Å². The molecular weight excluding hydrogens is 1020 g/mol. The molecule has 0 spiro atoms. The number of aliphatic hydroxyl groups excluding tert-OH is 17. The van der Waals surface area contributed by atoms with Crippen molar-refractivity contribution in [3.8, 4) is 0 Å². The molecule has 1 aromatic rings. The first-order valence-electron chi connectivity index (χ1n) is 22.9. The summed E-state index contributed by atoms with van der Waals surface area (Å²) >= 11 is 12.2. The molecule has 32 heteroatoms. The minimum absolute atomic E-state index is 0.00870. The third-order valence-electron chi connectivity index (χ3n) is 13.6. The predicted octanol–water partition coefficient (Wildman–Crippen LogP) is -10.6. The zero-order valence-electron chi connectivity index (χ0n) is 38.1. The van der Waals surface area contributed by atoms with Crippen LogP contribution >= 0.6 is 23.2 Å². The van der Waals surface area contributed by atoms with E-state index in [4.69, 9.17) is 65.8 Å². The van der Waals surface area contributed by atoms with E-state index < -0.39 is 209 Å². The van der Waals surface area contributed by atoms with E-state index in [1.807, 2.05) is 0 Å². The monoisotopic (exact) mass is 1090 g/mol. The van der Waals surface area contributed by atoms with Crippen molar-refractivity contribution in [2.24, 2.45) is 0 Å². The number of rotatable bonds is 18. The molecule has 0 amide bonds. The van der Waals surface area contributed by atoms with Crippen LogP contribution in [-0.2, 0) is 55.8 Å². The quantitative estimate of drug-likeness (QED) is 0.0479. The average Bonchev–Trinajstić information content (AvgIpc) is 3.92. The summed E-state index contributed by atoms with van der Waals surface area (Å²) in [6.45, 7) is -2.37. The van der Waals surface area contributed by atoms with Gasteiger partial charge in [-0.3, -0.25) is 0 Å². The van der Waals surface area contributed by atoms with Gasteiger partial charge in [-0.1, -0.05) is 11.3 Å². The molecule has 18 N–H and O–H groups in total. The van der Waals surface area contributed by atoms with Gasteiger partial charge in [0.25, 0.3) is 0 Å². The minimum Gasteiger partial charge on any atom is -0.394 e. The van der Waals surface area contributed by atoms with Crippen LogP contribution in [0.5, 0.6) is 0 Å². The SMILES string of the molecule is CC1O[C@H](O[C@@H]2C(CO)O[C@H](O[C@@H]3C(CO)O[C@@H](OCc4cn(C[C@H]5O[C@@](CCl)(O[C@H]6O[C@H](CO)[C@H](Cl)[C@H](O)[C@H]6O)[C@@H](O)[C@@H]5O)nn4)C(O)[C@H]3O)C(O)[C@H]2O)C(O)[C@@H](O)[C@@H]1N[C@H]1C=C(CO)[C@@H](O)[C@H](O)[C@H]1O. The smallest absolute Gasteiger partial charge is 0.214 e. The van der Waals surface area contributed by atoms with Crippen molar-refractivity contribution in [3.63, 3.8) is 0 Å². The average molecular weight is 1090 g/mol. The molecule has 414 valence electrons. The van der Waals surface area contributed by atoms with Crippen LogP contribution in [0, 0.1) is 0 Å². The maximum Gasteiger partial charge on any atom is 0.214 e. The number of nitrogens with one attached hydrogen (secondary N) is 1. The number of hydrogen-bond acceptors (Lipinski definition) is 29. The van der Waals surface area contributed by atoms with E-state index in [1.165, 1.54) is 23.9 Å². The zero-order chi connectivity index (χ0) is 52.7. The van der Waals surface area contributed by atoms with Gasteiger partial charge in [0, 0.05) is 0 Å². The molecule has 0 aromatic carbocycles. The lowest BCUT2D eigenvalue weighted by molar-refractivity contribution is -0.376. The number of halogens is 2. The third-order valence-corrected chi connectivity index (χ3v) is 14.5. The Hall–Kier alpha value is -1.62. The molecule has 0 saturated carbocycles. The molecule has 5 saturated heterocycles. The van der Waals surface area contributed by atoms with E-state index >= 15 is 0 Å². The summed E-state index contributed by atoms with van der Waals surface area (Å²) < 4.78 is 52.5. The maximum absolute atomic E-state index is 11.2. The zero-order valence-corrected chi connectivity index (χ0v) is 39.6.